The van der Waals surface area contributed by atoms with Crippen molar-refractivity contribution in [3.8, 4) is 0 Å². The van der Waals surface area contributed by atoms with Gasteiger partial charge in [-0.15, -0.1) is 0 Å². The molecule has 0 radical (unpaired) electrons. The fourth-order valence-electron chi connectivity index (χ4n) is 2.81. The van der Waals surface area contributed by atoms with E-state index >= 15 is 0 Å². The molecule has 2 unspecified atom stereocenters. The number of carbonyl (C=O) groups is 5. The van der Waals surface area contributed by atoms with Gasteiger partial charge in [-0.3, -0.25) is 14.4 Å². The highest BCUT2D eigenvalue weighted by molar-refractivity contribution is 5.91. The normalized spacial score (nSPS) is 13.7. The fourth-order valence-corrected chi connectivity index (χ4v) is 2.81. The van der Waals surface area contributed by atoms with E-state index in [0.717, 1.165) is 0 Å². The smallest absolute Gasteiger partial charge is 0.329 e. The minimum absolute atomic E-state index is 0.0739. The third-order valence-corrected chi connectivity index (χ3v) is 4.11. The molecule has 11 nitrogen and oxygen atoms in total. The molecule has 36 heavy (non-hydrogen) atoms. The molecule has 0 aromatic carbocycles. The Balaban J connectivity index is 5.53. The van der Waals surface area contributed by atoms with Crippen LogP contribution >= 0.6 is 0 Å². The number of esters is 3. The van der Waals surface area contributed by atoms with Crippen LogP contribution in [-0.4, -0.2) is 65.2 Å². The quantitative estimate of drug-likeness (QED) is 0.260. The molecule has 0 bridgehead atoms. The van der Waals surface area contributed by atoms with E-state index in [0.29, 0.717) is 13.0 Å². The summed E-state index contributed by atoms with van der Waals surface area (Å²) in [5.41, 5.74) is 3.05. The molecule has 0 aromatic heterocycles. The third kappa shape index (κ3) is 16.9. The van der Waals surface area contributed by atoms with Crippen LogP contribution in [0.1, 0.15) is 94.4 Å². The summed E-state index contributed by atoms with van der Waals surface area (Å²) in [4.78, 5) is 62.6. The van der Waals surface area contributed by atoms with E-state index in [9.17, 15) is 24.0 Å². The van der Waals surface area contributed by atoms with Gasteiger partial charge < -0.3 is 30.6 Å². The van der Waals surface area contributed by atoms with E-state index in [4.69, 9.17) is 19.9 Å². The van der Waals surface area contributed by atoms with Crippen molar-refractivity contribution in [1.82, 2.24) is 10.6 Å². The molecule has 0 spiro atoms. The number of nitrogens with one attached hydrogen (secondary N) is 2. The van der Waals surface area contributed by atoms with Crippen LogP contribution in [0, 0.1) is 0 Å². The summed E-state index contributed by atoms with van der Waals surface area (Å²) in [6.45, 7) is 15.5. The van der Waals surface area contributed by atoms with Crippen molar-refractivity contribution in [2.45, 2.75) is 123 Å². The summed E-state index contributed by atoms with van der Waals surface area (Å²) < 4.78 is 16.0. The summed E-state index contributed by atoms with van der Waals surface area (Å²) in [5.74, 6) is -3.23. The molecule has 2 amide bonds. The Labute approximate surface area is 214 Å². The Bertz CT molecular complexity index is 776. The second-order valence-electron chi connectivity index (χ2n) is 11.5. The van der Waals surface area contributed by atoms with Crippen molar-refractivity contribution in [2.75, 3.05) is 6.54 Å². The van der Waals surface area contributed by atoms with E-state index < -0.39 is 65.0 Å². The molecule has 2 atom stereocenters. The predicted octanol–water partition coefficient (Wildman–Crippen LogP) is 1.89. The Morgan fingerprint density at radius 2 is 1.11 bits per heavy atom. The number of ether oxygens (including phenoxy) is 3. The van der Waals surface area contributed by atoms with Crippen molar-refractivity contribution < 1.29 is 38.2 Å². The molecule has 0 fully saturated rings. The molecule has 0 heterocycles. The zero-order chi connectivity index (χ0) is 28.3. The Hall–Kier alpha value is -2.69. The van der Waals surface area contributed by atoms with Gasteiger partial charge in [-0.25, -0.2) is 9.59 Å². The Morgan fingerprint density at radius 1 is 0.667 bits per heavy atom. The minimum atomic E-state index is -1.28. The molecule has 0 rings (SSSR count). The topological polar surface area (TPSA) is 163 Å². The van der Waals surface area contributed by atoms with Gasteiger partial charge in [0.2, 0.25) is 11.8 Å². The maximum atomic E-state index is 12.9. The predicted molar refractivity (Wildman–Crippen MR) is 134 cm³/mol. The first kappa shape index (κ1) is 33.3. The number of rotatable bonds is 12. The van der Waals surface area contributed by atoms with Gasteiger partial charge in [-0.1, -0.05) is 0 Å². The van der Waals surface area contributed by atoms with Crippen molar-refractivity contribution in [2.24, 2.45) is 5.73 Å². The van der Waals surface area contributed by atoms with Crippen molar-refractivity contribution >= 4 is 29.7 Å². The van der Waals surface area contributed by atoms with Crippen LogP contribution in [0.3, 0.4) is 0 Å². The molecule has 4 N–H and O–H groups in total. The molecule has 0 aliphatic carbocycles. The van der Waals surface area contributed by atoms with Gasteiger partial charge in [-0.05, 0) is 81.7 Å². The number of hydrogen-bond donors (Lipinski definition) is 3. The SMILES string of the molecule is CC(C)(C)OC(=O)CCC(NC(=O)CC(NC(=O)CCCN)C(=O)OC(C)(C)C)C(=O)OC(C)(C)C. The fraction of sp³-hybridized carbons (Fsp3) is 0.800. The van der Waals surface area contributed by atoms with Crippen molar-refractivity contribution in [3.05, 3.63) is 0 Å². The lowest BCUT2D eigenvalue weighted by Crippen LogP contribution is -2.50. The van der Waals surface area contributed by atoms with E-state index in [1.165, 1.54) is 0 Å². The first-order valence-corrected chi connectivity index (χ1v) is 12.2. The largest absolute Gasteiger partial charge is 0.460 e. The monoisotopic (exact) mass is 515 g/mol. The zero-order valence-electron chi connectivity index (χ0n) is 23.2. The van der Waals surface area contributed by atoms with Crippen molar-refractivity contribution in [1.29, 1.82) is 0 Å². The average molecular weight is 516 g/mol. The number of hydrogen-bond acceptors (Lipinski definition) is 9. The zero-order valence-corrected chi connectivity index (χ0v) is 23.2. The van der Waals surface area contributed by atoms with Crippen LogP contribution in [0.2, 0.25) is 0 Å². The molecule has 0 aliphatic heterocycles. The van der Waals surface area contributed by atoms with Gasteiger partial charge >= 0.3 is 17.9 Å². The lowest BCUT2D eigenvalue weighted by Gasteiger charge is -2.26. The second kappa shape index (κ2) is 14.2. The van der Waals surface area contributed by atoms with Crippen molar-refractivity contribution in [3.63, 3.8) is 0 Å². The average Bonchev–Trinajstić information content (AvgIpc) is 2.64. The summed E-state index contributed by atoms with van der Waals surface area (Å²) in [5, 5.41) is 5.02. The maximum absolute atomic E-state index is 12.9. The molecule has 0 aliphatic rings. The molecule has 11 heteroatoms. The van der Waals surface area contributed by atoms with Crippen LogP contribution in [0.4, 0.5) is 0 Å². The maximum Gasteiger partial charge on any atom is 0.329 e. The minimum Gasteiger partial charge on any atom is -0.460 e. The van der Waals surface area contributed by atoms with Gasteiger partial charge in [0.25, 0.3) is 0 Å². The summed E-state index contributed by atoms with van der Waals surface area (Å²) >= 11 is 0. The van der Waals surface area contributed by atoms with Crippen LogP contribution in [-0.2, 0) is 38.2 Å². The number of carbonyl (C=O) groups excluding carboxylic acids is 5. The molecule has 0 saturated heterocycles. The van der Waals surface area contributed by atoms with Gasteiger partial charge in [0.05, 0.1) is 6.42 Å². The van der Waals surface area contributed by atoms with Crippen LogP contribution in [0.5, 0.6) is 0 Å². The second-order valence-corrected chi connectivity index (χ2v) is 11.5. The van der Waals surface area contributed by atoms with E-state index in [-0.39, 0.29) is 19.3 Å². The molecule has 0 saturated carbocycles. The first-order valence-electron chi connectivity index (χ1n) is 12.2. The standard InChI is InChI=1S/C25H45N3O8/c1-23(2,3)34-20(31)13-12-16(21(32)35-24(4,5)6)27-19(30)15-17(22(33)36-25(7,8)9)28-18(29)11-10-14-26/h16-17H,10-15,26H2,1-9H3,(H,27,30)(H,28,29). The van der Waals surface area contributed by atoms with E-state index in [1.807, 2.05) is 0 Å². The van der Waals surface area contributed by atoms with Gasteiger partial charge in [0.15, 0.2) is 0 Å². The van der Waals surface area contributed by atoms with E-state index in [2.05, 4.69) is 10.6 Å². The lowest BCUT2D eigenvalue weighted by atomic mass is 10.1. The summed E-state index contributed by atoms with van der Waals surface area (Å²) in [7, 11) is 0. The van der Waals surface area contributed by atoms with Crippen LogP contribution in [0.15, 0.2) is 0 Å². The van der Waals surface area contributed by atoms with Gasteiger partial charge in [0, 0.05) is 12.8 Å². The highest BCUT2D eigenvalue weighted by atomic mass is 16.6. The number of nitrogens with two attached hydrogens (primary N) is 1. The Morgan fingerprint density at radius 3 is 1.56 bits per heavy atom. The summed E-state index contributed by atoms with van der Waals surface area (Å²) in [6, 6.07) is -2.45. The van der Waals surface area contributed by atoms with E-state index in [1.54, 1.807) is 62.3 Å². The number of amides is 2. The van der Waals surface area contributed by atoms with Crippen LogP contribution in [0.25, 0.3) is 0 Å². The highest BCUT2D eigenvalue weighted by Gasteiger charge is 2.32. The highest BCUT2D eigenvalue weighted by Crippen LogP contribution is 2.15. The Kier molecular flexibility index (Phi) is 13.1. The van der Waals surface area contributed by atoms with Crippen LogP contribution < -0.4 is 16.4 Å². The lowest BCUT2D eigenvalue weighted by molar-refractivity contribution is -0.160. The van der Waals surface area contributed by atoms with Gasteiger partial charge in [-0.2, -0.15) is 0 Å². The molecular weight excluding hydrogens is 470 g/mol. The first-order chi connectivity index (χ1) is 16.2. The summed E-state index contributed by atoms with van der Waals surface area (Å²) in [6.07, 6.45) is -0.213. The molecule has 208 valence electrons. The third-order valence-electron chi connectivity index (χ3n) is 4.11. The van der Waals surface area contributed by atoms with Gasteiger partial charge in [0.1, 0.15) is 28.9 Å². The molecule has 0 aromatic rings. The molecular formula is C25H45N3O8.